The maximum atomic E-state index is 13.1. The van der Waals surface area contributed by atoms with E-state index in [9.17, 15) is 9.90 Å². The van der Waals surface area contributed by atoms with Crippen molar-refractivity contribution < 1.29 is 14.6 Å². The molecule has 2 rings (SSSR count). The van der Waals surface area contributed by atoms with Crippen LogP contribution in [0.3, 0.4) is 0 Å². The van der Waals surface area contributed by atoms with Crippen molar-refractivity contribution in [2.45, 2.75) is 105 Å². The lowest BCUT2D eigenvalue weighted by Gasteiger charge is -2.16. The summed E-state index contributed by atoms with van der Waals surface area (Å²) >= 11 is 0. The Labute approximate surface area is 217 Å². The lowest BCUT2D eigenvalue weighted by Crippen LogP contribution is -2.21. The predicted octanol–water partition coefficient (Wildman–Crippen LogP) is 8.32. The minimum Gasteiger partial charge on any atom is -0.500 e. The van der Waals surface area contributed by atoms with E-state index in [2.05, 4.69) is 40.7 Å². The number of hydrogen-bond donors (Lipinski definition) is 1. The van der Waals surface area contributed by atoms with E-state index in [0.717, 1.165) is 48.8 Å². The number of pyridine rings is 1. The molecule has 0 atom stereocenters. The second kappa shape index (κ2) is 16.1. The van der Waals surface area contributed by atoms with Crippen LogP contribution in [0, 0.1) is 0 Å². The van der Waals surface area contributed by atoms with E-state index in [1.807, 2.05) is 24.3 Å². The van der Waals surface area contributed by atoms with Gasteiger partial charge in [-0.25, -0.2) is 0 Å². The van der Waals surface area contributed by atoms with Crippen molar-refractivity contribution in [3.63, 3.8) is 0 Å². The zero-order chi connectivity index (χ0) is 26.3. The van der Waals surface area contributed by atoms with Gasteiger partial charge in [0.15, 0.2) is 5.75 Å². The highest BCUT2D eigenvalue weighted by Crippen LogP contribution is 2.34. The Bertz CT molecular complexity index is 1060. The summed E-state index contributed by atoms with van der Waals surface area (Å²) in [6.07, 6.45) is 15.3. The van der Waals surface area contributed by atoms with Gasteiger partial charge in [-0.1, -0.05) is 69.6 Å². The Balaban J connectivity index is 2.21. The summed E-state index contributed by atoms with van der Waals surface area (Å²) in [6.45, 7) is 12.1. The molecule has 5 nitrogen and oxygen atoms in total. The maximum absolute atomic E-state index is 13.1. The minimum atomic E-state index is -0.414. The van der Waals surface area contributed by atoms with Crippen LogP contribution in [0.15, 0.2) is 46.3 Å². The molecule has 200 valence electrons. The first-order valence-corrected chi connectivity index (χ1v) is 13.8. The average molecular weight is 498 g/mol. The van der Waals surface area contributed by atoms with Gasteiger partial charge in [0.05, 0.1) is 12.1 Å². The van der Waals surface area contributed by atoms with Crippen molar-refractivity contribution in [2.24, 2.45) is 0 Å². The van der Waals surface area contributed by atoms with Crippen LogP contribution in [0.4, 0.5) is 0 Å². The Morgan fingerprint density at radius 1 is 0.944 bits per heavy atom. The highest BCUT2D eigenvalue weighted by molar-refractivity contribution is 5.89. The molecular formula is C31H47NO4. The fourth-order valence-corrected chi connectivity index (χ4v) is 4.19. The molecule has 0 aliphatic carbocycles. The molecule has 36 heavy (non-hydrogen) atoms. The molecule has 0 aliphatic rings. The topological polar surface area (TPSA) is 60.7 Å². The number of unbranched alkanes of at least 4 members (excludes halogenated alkanes) is 6. The van der Waals surface area contributed by atoms with Crippen LogP contribution in [0.25, 0.3) is 10.9 Å². The molecule has 0 spiro atoms. The van der Waals surface area contributed by atoms with Crippen LogP contribution in [-0.4, -0.2) is 22.9 Å². The first kappa shape index (κ1) is 29.5. The van der Waals surface area contributed by atoms with Crippen LogP contribution in [-0.2, 0) is 6.54 Å². The molecule has 1 N–H and O–H groups in total. The molecule has 1 aromatic heterocycles. The molecule has 0 unspecified atom stereocenters. The monoisotopic (exact) mass is 497 g/mol. The van der Waals surface area contributed by atoms with Gasteiger partial charge in [0.25, 0.3) is 5.56 Å². The van der Waals surface area contributed by atoms with Crippen molar-refractivity contribution in [1.29, 1.82) is 0 Å². The zero-order valence-corrected chi connectivity index (χ0v) is 23.2. The van der Waals surface area contributed by atoms with E-state index < -0.39 is 5.56 Å². The fraction of sp³-hybridized carbons (Fsp3) is 0.581. The highest BCUT2D eigenvalue weighted by Gasteiger charge is 2.18. The molecule has 5 heteroatoms. The van der Waals surface area contributed by atoms with E-state index in [1.165, 1.54) is 43.3 Å². The Kier molecular flexibility index (Phi) is 13.2. The summed E-state index contributed by atoms with van der Waals surface area (Å²) in [5.74, 6) is 0.667. The minimum absolute atomic E-state index is 0.249. The van der Waals surface area contributed by atoms with Crippen LogP contribution in [0.2, 0.25) is 0 Å². The van der Waals surface area contributed by atoms with Crippen LogP contribution in [0.1, 0.15) is 98.8 Å². The zero-order valence-electron chi connectivity index (χ0n) is 23.2. The molecular weight excluding hydrogens is 450 g/mol. The van der Waals surface area contributed by atoms with Gasteiger partial charge in [0.1, 0.15) is 12.4 Å². The normalized spacial score (nSPS) is 11.6. The van der Waals surface area contributed by atoms with E-state index in [1.54, 1.807) is 4.57 Å². The number of aromatic nitrogens is 1. The summed E-state index contributed by atoms with van der Waals surface area (Å²) in [5.41, 5.74) is 2.86. The Hall–Kier alpha value is -2.69. The molecule has 0 aliphatic heterocycles. The molecule has 1 aromatic carbocycles. The van der Waals surface area contributed by atoms with Crippen LogP contribution < -0.4 is 15.0 Å². The maximum Gasteiger partial charge on any atom is 0.297 e. The van der Waals surface area contributed by atoms with Gasteiger partial charge in [0, 0.05) is 18.0 Å². The molecule has 0 fully saturated rings. The SMILES string of the molecule is CCCCCCCCOc1ccc2c(OC/C=C(\C)CCC=C(C)C)c(O)c(=O)n(CCCC)c2c1. The number of benzene rings is 1. The molecule has 0 bridgehead atoms. The van der Waals surface area contributed by atoms with Crippen LogP contribution in [0.5, 0.6) is 17.2 Å². The van der Waals surface area contributed by atoms with Gasteiger partial charge in [-0.05, 0) is 64.7 Å². The number of ether oxygens (including phenoxy) is 2. The summed E-state index contributed by atoms with van der Waals surface area (Å²) in [4.78, 5) is 13.1. The quantitative estimate of drug-likeness (QED) is 0.176. The lowest BCUT2D eigenvalue weighted by molar-refractivity contribution is 0.304. The lowest BCUT2D eigenvalue weighted by atomic mass is 10.1. The van der Waals surface area contributed by atoms with Crippen LogP contribution >= 0.6 is 0 Å². The van der Waals surface area contributed by atoms with E-state index in [-0.39, 0.29) is 11.5 Å². The van der Waals surface area contributed by atoms with E-state index in [4.69, 9.17) is 9.47 Å². The second-order valence-electron chi connectivity index (χ2n) is 9.96. The van der Waals surface area contributed by atoms with Gasteiger partial charge < -0.3 is 19.1 Å². The predicted molar refractivity (Wildman–Crippen MR) is 152 cm³/mol. The summed E-state index contributed by atoms with van der Waals surface area (Å²) < 4.78 is 13.7. The number of aryl methyl sites for hydroxylation is 1. The van der Waals surface area contributed by atoms with Crippen molar-refractivity contribution in [3.8, 4) is 17.2 Å². The molecule has 2 aromatic rings. The molecule has 1 heterocycles. The van der Waals surface area contributed by atoms with E-state index in [0.29, 0.717) is 19.8 Å². The van der Waals surface area contributed by atoms with E-state index >= 15 is 0 Å². The Morgan fingerprint density at radius 2 is 1.67 bits per heavy atom. The number of nitrogens with zero attached hydrogens (tertiary/aromatic N) is 1. The van der Waals surface area contributed by atoms with Crippen molar-refractivity contribution in [2.75, 3.05) is 13.2 Å². The average Bonchev–Trinajstić information content (AvgIpc) is 2.85. The number of fused-ring (bicyclic) bond motifs is 1. The Morgan fingerprint density at radius 3 is 2.39 bits per heavy atom. The molecule has 0 radical (unpaired) electrons. The molecule has 0 saturated heterocycles. The smallest absolute Gasteiger partial charge is 0.297 e. The fourth-order valence-electron chi connectivity index (χ4n) is 4.19. The second-order valence-corrected chi connectivity index (χ2v) is 9.96. The van der Waals surface area contributed by atoms with Gasteiger partial charge >= 0.3 is 0 Å². The van der Waals surface area contributed by atoms with Gasteiger partial charge in [0.2, 0.25) is 5.75 Å². The van der Waals surface area contributed by atoms with Gasteiger partial charge in [-0.3, -0.25) is 4.79 Å². The summed E-state index contributed by atoms with van der Waals surface area (Å²) in [7, 11) is 0. The summed E-state index contributed by atoms with van der Waals surface area (Å²) in [5, 5.41) is 11.5. The third kappa shape index (κ3) is 9.40. The third-order valence-electron chi connectivity index (χ3n) is 6.42. The first-order chi connectivity index (χ1) is 17.4. The highest BCUT2D eigenvalue weighted by atomic mass is 16.5. The molecule has 0 saturated carbocycles. The van der Waals surface area contributed by atoms with Crippen molar-refractivity contribution >= 4 is 10.9 Å². The first-order valence-electron chi connectivity index (χ1n) is 13.8. The largest absolute Gasteiger partial charge is 0.500 e. The van der Waals surface area contributed by atoms with Gasteiger partial charge in [-0.15, -0.1) is 0 Å². The molecule has 0 amide bonds. The number of rotatable bonds is 17. The third-order valence-corrected chi connectivity index (χ3v) is 6.42. The summed E-state index contributed by atoms with van der Waals surface area (Å²) in [6, 6.07) is 5.71. The number of allylic oxidation sites excluding steroid dienone is 3. The number of aromatic hydroxyl groups is 1. The van der Waals surface area contributed by atoms with Crippen molar-refractivity contribution in [3.05, 3.63) is 51.9 Å². The number of hydrogen-bond acceptors (Lipinski definition) is 4. The van der Waals surface area contributed by atoms with Gasteiger partial charge in [-0.2, -0.15) is 0 Å². The standard InChI is InChI=1S/C31H47NO4/c1-6-8-10-11-12-13-21-35-26-17-18-27-28(23-26)32(20-9-7-2)31(34)29(33)30(27)36-22-19-25(5)16-14-15-24(3)4/h15,17-19,23,33H,6-14,16,20-22H2,1-5H3/b25-19+. The van der Waals surface area contributed by atoms with Crippen molar-refractivity contribution in [1.82, 2.24) is 4.57 Å².